The third kappa shape index (κ3) is 3.00. The predicted octanol–water partition coefficient (Wildman–Crippen LogP) is 1.48. The monoisotopic (exact) mass is 311 g/mol. The Morgan fingerprint density at radius 1 is 1.22 bits per heavy atom. The zero-order valence-electron chi connectivity index (χ0n) is 12.5. The van der Waals surface area contributed by atoms with Crippen molar-refractivity contribution in [2.75, 3.05) is 5.32 Å². The van der Waals surface area contributed by atoms with Crippen molar-refractivity contribution in [3.8, 4) is 5.69 Å². The maximum atomic E-state index is 12.4. The van der Waals surface area contributed by atoms with Gasteiger partial charge in [0, 0.05) is 11.8 Å². The van der Waals surface area contributed by atoms with Crippen molar-refractivity contribution in [1.82, 2.24) is 20.2 Å². The molecule has 0 fully saturated rings. The first-order valence-electron chi connectivity index (χ1n) is 6.81. The molecule has 0 aliphatic rings. The molecule has 0 unspecified atom stereocenters. The molecule has 0 atom stereocenters. The molecule has 0 aliphatic heterocycles. The fourth-order valence-corrected chi connectivity index (χ4v) is 2.27. The fraction of sp³-hybridized carbons (Fsp3) is 0.133. The Hall–Kier alpha value is -3.29. The minimum atomic E-state index is -0.470. The molecule has 1 amide bonds. The van der Waals surface area contributed by atoms with Crippen LogP contribution in [0.3, 0.4) is 0 Å². The van der Waals surface area contributed by atoms with Crippen molar-refractivity contribution < 1.29 is 9.21 Å². The molecular formula is C15H13N5O3. The highest BCUT2D eigenvalue weighted by molar-refractivity contribution is 6.05. The van der Waals surface area contributed by atoms with Gasteiger partial charge in [0.05, 0.1) is 11.3 Å². The number of aromatic nitrogens is 4. The van der Waals surface area contributed by atoms with Gasteiger partial charge in [0.15, 0.2) is 0 Å². The van der Waals surface area contributed by atoms with E-state index in [0.29, 0.717) is 16.8 Å². The largest absolute Gasteiger partial charge is 0.427 e. The Morgan fingerprint density at radius 3 is 2.57 bits per heavy atom. The average molecular weight is 311 g/mol. The molecule has 0 aliphatic carbocycles. The summed E-state index contributed by atoms with van der Waals surface area (Å²) in [7, 11) is 0. The van der Waals surface area contributed by atoms with Gasteiger partial charge in [-0.1, -0.05) is 0 Å². The Balaban J connectivity index is 1.82. The number of hydrogen-bond donors (Lipinski definition) is 1. The van der Waals surface area contributed by atoms with Gasteiger partial charge in [0.1, 0.15) is 12.1 Å². The van der Waals surface area contributed by atoms with E-state index >= 15 is 0 Å². The van der Waals surface area contributed by atoms with Crippen LogP contribution in [0, 0.1) is 13.8 Å². The van der Waals surface area contributed by atoms with Crippen molar-refractivity contribution in [3.05, 3.63) is 64.0 Å². The Kier molecular flexibility index (Phi) is 3.71. The third-order valence-corrected chi connectivity index (χ3v) is 3.30. The molecule has 23 heavy (non-hydrogen) atoms. The zero-order valence-corrected chi connectivity index (χ0v) is 12.5. The van der Waals surface area contributed by atoms with Gasteiger partial charge in [-0.3, -0.25) is 4.79 Å². The van der Waals surface area contributed by atoms with E-state index in [1.807, 2.05) is 0 Å². The SMILES string of the molecule is Cc1cc(=O)oc(C)c1C(=O)Nc1ccc(-n2cnnn2)cc1. The van der Waals surface area contributed by atoms with Gasteiger partial charge < -0.3 is 9.73 Å². The van der Waals surface area contributed by atoms with Crippen molar-refractivity contribution in [1.29, 1.82) is 0 Å². The van der Waals surface area contributed by atoms with Crippen LogP contribution in [0.5, 0.6) is 0 Å². The normalized spacial score (nSPS) is 10.5. The molecule has 2 aromatic heterocycles. The maximum Gasteiger partial charge on any atom is 0.336 e. The molecule has 8 nitrogen and oxygen atoms in total. The van der Waals surface area contributed by atoms with E-state index in [2.05, 4.69) is 20.8 Å². The number of anilines is 1. The molecule has 3 rings (SSSR count). The minimum Gasteiger partial charge on any atom is -0.427 e. The highest BCUT2D eigenvalue weighted by Gasteiger charge is 2.15. The first-order valence-corrected chi connectivity index (χ1v) is 6.81. The molecule has 1 N–H and O–H groups in total. The van der Waals surface area contributed by atoms with Gasteiger partial charge in [-0.05, 0) is 54.1 Å². The van der Waals surface area contributed by atoms with Crippen LogP contribution in [0.25, 0.3) is 5.69 Å². The van der Waals surface area contributed by atoms with Crippen LogP contribution in [0.2, 0.25) is 0 Å². The molecule has 0 bridgehead atoms. The second-order valence-electron chi connectivity index (χ2n) is 4.94. The van der Waals surface area contributed by atoms with Crippen molar-refractivity contribution in [3.63, 3.8) is 0 Å². The quantitative estimate of drug-likeness (QED) is 0.786. The summed E-state index contributed by atoms with van der Waals surface area (Å²) in [6.45, 7) is 3.28. The maximum absolute atomic E-state index is 12.4. The van der Waals surface area contributed by atoms with Gasteiger partial charge in [0.25, 0.3) is 5.91 Å². The summed E-state index contributed by atoms with van der Waals surface area (Å²) < 4.78 is 6.48. The van der Waals surface area contributed by atoms with Gasteiger partial charge in [-0.15, -0.1) is 5.10 Å². The smallest absolute Gasteiger partial charge is 0.336 e. The lowest BCUT2D eigenvalue weighted by Gasteiger charge is -2.09. The van der Waals surface area contributed by atoms with E-state index < -0.39 is 5.63 Å². The molecule has 0 saturated heterocycles. The lowest BCUT2D eigenvalue weighted by molar-refractivity contribution is 0.102. The van der Waals surface area contributed by atoms with E-state index in [-0.39, 0.29) is 11.7 Å². The molecule has 8 heteroatoms. The Labute approximate surface area is 130 Å². The summed E-state index contributed by atoms with van der Waals surface area (Å²) >= 11 is 0. The molecule has 1 aromatic carbocycles. The van der Waals surface area contributed by atoms with E-state index in [1.165, 1.54) is 17.1 Å². The minimum absolute atomic E-state index is 0.290. The average Bonchev–Trinajstić information content (AvgIpc) is 3.01. The Bertz CT molecular complexity index is 872. The molecule has 0 spiro atoms. The van der Waals surface area contributed by atoms with Crippen molar-refractivity contribution in [2.45, 2.75) is 13.8 Å². The van der Waals surface area contributed by atoms with Crippen molar-refractivity contribution in [2.24, 2.45) is 0 Å². The molecule has 2 heterocycles. The molecule has 3 aromatic rings. The molecule has 116 valence electrons. The second-order valence-corrected chi connectivity index (χ2v) is 4.94. The fourth-order valence-electron chi connectivity index (χ4n) is 2.27. The standard InChI is InChI=1S/C15H13N5O3/c1-9-7-13(21)23-10(2)14(9)15(22)17-11-3-5-12(6-4-11)20-8-16-18-19-20/h3-8H,1-2H3,(H,17,22). The van der Waals surface area contributed by atoms with Crippen LogP contribution in [-0.2, 0) is 0 Å². The van der Waals surface area contributed by atoms with Crippen LogP contribution >= 0.6 is 0 Å². The first kappa shape index (κ1) is 14.6. The van der Waals surface area contributed by atoms with Crippen LogP contribution in [-0.4, -0.2) is 26.1 Å². The van der Waals surface area contributed by atoms with Gasteiger partial charge in [-0.2, -0.15) is 0 Å². The number of carbonyl (C=O) groups is 1. The second kappa shape index (κ2) is 5.84. The zero-order chi connectivity index (χ0) is 16.4. The molecule has 0 radical (unpaired) electrons. The van der Waals surface area contributed by atoms with Gasteiger partial charge >= 0.3 is 5.63 Å². The lowest BCUT2D eigenvalue weighted by atomic mass is 10.1. The highest BCUT2D eigenvalue weighted by atomic mass is 16.4. The van der Waals surface area contributed by atoms with Crippen LogP contribution < -0.4 is 10.9 Å². The molecular weight excluding hydrogens is 298 g/mol. The number of benzene rings is 1. The summed E-state index contributed by atoms with van der Waals surface area (Å²) in [6.07, 6.45) is 1.48. The number of carbonyl (C=O) groups excluding carboxylic acids is 1. The van der Waals surface area contributed by atoms with Crippen LogP contribution in [0.15, 0.2) is 45.9 Å². The predicted molar refractivity (Wildman–Crippen MR) is 81.6 cm³/mol. The summed E-state index contributed by atoms with van der Waals surface area (Å²) in [4.78, 5) is 23.6. The van der Waals surface area contributed by atoms with E-state index in [9.17, 15) is 9.59 Å². The number of aryl methyl sites for hydroxylation is 2. The number of tetrazole rings is 1. The van der Waals surface area contributed by atoms with E-state index in [1.54, 1.807) is 38.1 Å². The topological polar surface area (TPSA) is 103 Å². The summed E-state index contributed by atoms with van der Waals surface area (Å²) in [5.41, 5.74) is 1.83. The highest BCUT2D eigenvalue weighted by Crippen LogP contribution is 2.16. The van der Waals surface area contributed by atoms with Gasteiger partial charge in [-0.25, -0.2) is 9.48 Å². The molecule has 0 saturated carbocycles. The lowest BCUT2D eigenvalue weighted by Crippen LogP contribution is -2.17. The number of hydrogen-bond acceptors (Lipinski definition) is 6. The number of rotatable bonds is 3. The first-order chi connectivity index (χ1) is 11.0. The van der Waals surface area contributed by atoms with E-state index in [0.717, 1.165) is 5.69 Å². The van der Waals surface area contributed by atoms with Crippen molar-refractivity contribution >= 4 is 11.6 Å². The van der Waals surface area contributed by atoms with E-state index in [4.69, 9.17) is 4.42 Å². The number of amides is 1. The summed E-state index contributed by atoms with van der Waals surface area (Å²) in [6, 6.07) is 8.31. The summed E-state index contributed by atoms with van der Waals surface area (Å²) in [5, 5.41) is 13.7. The number of nitrogens with zero attached hydrogens (tertiary/aromatic N) is 4. The van der Waals surface area contributed by atoms with Crippen LogP contribution in [0.1, 0.15) is 21.7 Å². The van der Waals surface area contributed by atoms with Gasteiger partial charge in [0.2, 0.25) is 0 Å². The van der Waals surface area contributed by atoms with Crippen LogP contribution in [0.4, 0.5) is 5.69 Å². The summed E-state index contributed by atoms with van der Waals surface area (Å²) in [5.74, 6) is -0.0447. The Morgan fingerprint density at radius 2 is 1.96 bits per heavy atom. The third-order valence-electron chi connectivity index (χ3n) is 3.30. The number of nitrogens with one attached hydrogen (secondary N) is 1.